The molecule has 0 fully saturated rings. The van der Waals surface area contributed by atoms with Crippen LogP contribution in [0.25, 0.3) is 0 Å². The maximum absolute atomic E-state index is 5.64. The molecule has 1 atom stereocenters. The number of nitrogens with zero attached hydrogens (tertiary/aromatic N) is 1. The van der Waals surface area contributed by atoms with Crippen molar-refractivity contribution in [2.75, 3.05) is 5.75 Å². The Bertz CT molecular complexity index is 491. The number of nitrogens with one attached hydrogen (secondary N) is 1. The number of rotatable bonds is 6. The Balaban J connectivity index is 1.90. The summed E-state index contributed by atoms with van der Waals surface area (Å²) < 4.78 is 0. The summed E-state index contributed by atoms with van der Waals surface area (Å²) in [6, 6.07) is 10.6. The number of hydrogen-bond donors (Lipinski definition) is 2. The minimum Gasteiger partial charge on any atom is -0.271 e. The number of aryl methyl sites for hydroxylation is 2. The number of aromatic nitrogens is 1. The van der Waals surface area contributed by atoms with Crippen molar-refractivity contribution >= 4 is 23.1 Å². The topological polar surface area (TPSA) is 50.9 Å². The Labute approximate surface area is 122 Å². The molecule has 0 saturated carbocycles. The fraction of sp³-hybridized carbons (Fsp3) is 0.357. The normalized spacial score (nSPS) is 12.6. The van der Waals surface area contributed by atoms with Gasteiger partial charge in [0.2, 0.25) is 0 Å². The predicted octanol–water partition coefficient (Wildman–Crippen LogP) is 2.93. The van der Waals surface area contributed by atoms with Gasteiger partial charge in [-0.2, -0.15) is 0 Å². The first-order valence-corrected chi connectivity index (χ1v) is 8.06. The van der Waals surface area contributed by atoms with Gasteiger partial charge in [-0.05, 0) is 26.0 Å². The number of thioether (sulfide) groups is 1. The van der Waals surface area contributed by atoms with Crippen molar-refractivity contribution in [1.29, 1.82) is 0 Å². The Morgan fingerprint density at radius 2 is 2.05 bits per heavy atom. The lowest BCUT2D eigenvalue weighted by Gasteiger charge is -2.13. The molecule has 5 heteroatoms. The van der Waals surface area contributed by atoms with E-state index in [4.69, 9.17) is 5.84 Å². The zero-order chi connectivity index (χ0) is 13.7. The SMILES string of the molecule is Cc1nc(CC(CSc2ccccc2)NN)sc1C. The number of hydrogen-bond acceptors (Lipinski definition) is 5. The largest absolute Gasteiger partial charge is 0.271 e. The van der Waals surface area contributed by atoms with E-state index in [0.717, 1.165) is 22.9 Å². The van der Waals surface area contributed by atoms with Gasteiger partial charge in [-0.25, -0.2) is 4.98 Å². The van der Waals surface area contributed by atoms with E-state index in [9.17, 15) is 0 Å². The van der Waals surface area contributed by atoms with Crippen LogP contribution in [-0.4, -0.2) is 16.8 Å². The van der Waals surface area contributed by atoms with Crippen LogP contribution >= 0.6 is 23.1 Å². The van der Waals surface area contributed by atoms with Gasteiger partial charge in [0.1, 0.15) is 0 Å². The van der Waals surface area contributed by atoms with Crippen molar-refractivity contribution < 1.29 is 0 Å². The van der Waals surface area contributed by atoms with Gasteiger partial charge in [-0.3, -0.25) is 11.3 Å². The van der Waals surface area contributed by atoms with Crippen LogP contribution in [0.15, 0.2) is 35.2 Å². The van der Waals surface area contributed by atoms with Crippen LogP contribution in [0.3, 0.4) is 0 Å². The number of thiazole rings is 1. The summed E-state index contributed by atoms with van der Waals surface area (Å²) in [4.78, 5) is 7.13. The van der Waals surface area contributed by atoms with Crippen molar-refractivity contribution in [2.45, 2.75) is 31.2 Å². The van der Waals surface area contributed by atoms with Gasteiger partial charge in [0.25, 0.3) is 0 Å². The molecule has 0 amide bonds. The minimum atomic E-state index is 0.246. The van der Waals surface area contributed by atoms with Crippen molar-refractivity contribution in [3.05, 3.63) is 45.9 Å². The van der Waals surface area contributed by atoms with Crippen molar-refractivity contribution in [3.63, 3.8) is 0 Å². The highest BCUT2D eigenvalue weighted by Gasteiger charge is 2.12. The average molecular weight is 293 g/mol. The quantitative estimate of drug-likeness (QED) is 0.488. The molecule has 1 heterocycles. The Kier molecular flexibility index (Phi) is 5.39. The summed E-state index contributed by atoms with van der Waals surface area (Å²) in [6.07, 6.45) is 0.885. The van der Waals surface area contributed by atoms with Crippen LogP contribution in [-0.2, 0) is 6.42 Å². The molecule has 3 nitrogen and oxygen atoms in total. The predicted molar refractivity (Wildman–Crippen MR) is 83.6 cm³/mol. The molecule has 0 aliphatic rings. The van der Waals surface area contributed by atoms with E-state index in [1.54, 1.807) is 11.3 Å². The second-order valence-corrected chi connectivity index (χ2v) is 6.82. The lowest BCUT2D eigenvalue weighted by Crippen LogP contribution is -2.38. The standard InChI is InChI=1S/C14H19N3S2/c1-10-11(2)19-14(16-10)8-12(17-15)9-18-13-6-4-3-5-7-13/h3-7,12,17H,8-9,15H2,1-2H3. The zero-order valence-electron chi connectivity index (χ0n) is 11.2. The van der Waals surface area contributed by atoms with Crippen LogP contribution in [0.1, 0.15) is 15.6 Å². The minimum absolute atomic E-state index is 0.246. The summed E-state index contributed by atoms with van der Waals surface area (Å²) in [6.45, 7) is 4.17. The van der Waals surface area contributed by atoms with E-state index in [0.29, 0.717) is 0 Å². The summed E-state index contributed by atoms with van der Waals surface area (Å²) in [5, 5.41) is 1.16. The van der Waals surface area contributed by atoms with E-state index in [1.165, 1.54) is 9.77 Å². The fourth-order valence-corrected chi connectivity index (χ4v) is 3.69. The van der Waals surface area contributed by atoms with Crippen molar-refractivity contribution in [1.82, 2.24) is 10.4 Å². The van der Waals surface area contributed by atoms with Crippen molar-refractivity contribution in [2.24, 2.45) is 5.84 Å². The highest BCUT2D eigenvalue weighted by molar-refractivity contribution is 7.99. The summed E-state index contributed by atoms with van der Waals surface area (Å²) in [5.74, 6) is 6.59. The molecule has 3 N–H and O–H groups in total. The third kappa shape index (κ3) is 4.31. The second kappa shape index (κ2) is 7.05. The lowest BCUT2D eigenvalue weighted by atomic mass is 10.2. The molecule has 2 rings (SSSR count). The summed E-state index contributed by atoms with van der Waals surface area (Å²) >= 11 is 3.58. The maximum atomic E-state index is 5.64. The van der Waals surface area contributed by atoms with E-state index < -0.39 is 0 Å². The highest BCUT2D eigenvalue weighted by Crippen LogP contribution is 2.21. The zero-order valence-corrected chi connectivity index (χ0v) is 12.9. The van der Waals surface area contributed by atoms with Crippen LogP contribution in [0, 0.1) is 13.8 Å². The molecular formula is C14H19N3S2. The van der Waals surface area contributed by atoms with Crippen molar-refractivity contribution in [3.8, 4) is 0 Å². The van der Waals surface area contributed by atoms with E-state index in [-0.39, 0.29) is 6.04 Å². The number of benzene rings is 1. The molecular weight excluding hydrogens is 274 g/mol. The smallest absolute Gasteiger partial charge is 0.0947 e. The van der Waals surface area contributed by atoms with Crippen LogP contribution in [0.2, 0.25) is 0 Å². The van der Waals surface area contributed by atoms with Crippen LogP contribution < -0.4 is 11.3 Å². The number of nitrogens with two attached hydrogens (primary N) is 1. The molecule has 1 aromatic heterocycles. The Morgan fingerprint density at radius 1 is 1.32 bits per heavy atom. The average Bonchev–Trinajstić information content (AvgIpc) is 2.74. The highest BCUT2D eigenvalue weighted by atomic mass is 32.2. The van der Waals surface area contributed by atoms with E-state index in [1.807, 2.05) is 17.8 Å². The molecule has 2 aromatic rings. The summed E-state index contributed by atoms with van der Waals surface area (Å²) in [7, 11) is 0. The lowest BCUT2D eigenvalue weighted by molar-refractivity contribution is 0.574. The third-order valence-corrected chi connectivity index (χ3v) is 5.19. The van der Waals surface area contributed by atoms with Gasteiger partial charge < -0.3 is 0 Å². The van der Waals surface area contributed by atoms with Gasteiger partial charge >= 0.3 is 0 Å². The first-order valence-electron chi connectivity index (χ1n) is 6.26. The molecule has 0 radical (unpaired) electrons. The summed E-state index contributed by atoms with van der Waals surface area (Å²) in [5.41, 5.74) is 4.03. The Hall–Kier alpha value is -0.880. The molecule has 1 unspecified atom stereocenters. The van der Waals surface area contributed by atoms with Gasteiger partial charge in [-0.1, -0.05) is 18.2 Å². The maximum Gasteiger partial charge on any atom is 0.0947 e. The monoisotopic (exact) mass is 293 g/mol. The molecule has 19 heavy (non-hydrogen) atoms. The fourth-order valence-electron chi connectivity index (χ4n) is 1.72. The van der Waals surface area contributed by atoms with Gasteiger partial charge in [-0.15, -0.1) is 23.1 Å². The van der Waals surface area contributed by atoms with Gasteiger partial charge in [0, 0.05) is 28.0 Å². The van der Waals surface area contributed by atoms with E-state index >= 15 is 0 Å². The number of hydrazine groups is 1. The molecule has 0 aliphatic heterocycles. The van der Waals surface area contributed by atoms with Gasteiger partial charge in [0.05, 0.1) is 10.7 Å². The van der Waals surface area contributed by atoms with E-state index in [2.05, 4.69) is 48.5 Å². The molecule has 0 saturated heterocycles. The van der Waals surface area contributed by atoms with Gasteiger partial charge in [0.15, 0.2) is 0 Å². The Morgan fingerprint density at radius 3 is 2.63 bits per heavy atom. The van der Waals surface area contributed by atoms with Crippen LogP contribution in [0.5, 0.6) is 0 Å². The third-order valence-electron chi connectivity index (χ3n) is 2.92. The molecule has 102 valence electrons. The first kappa shape index (κ1) is 14.5. The molecule has 1 aromatic carbocycles. The molecule has 0 bridgehead atoms. The molecule has 0 aliphatic carbocycles. The molecule has 0 spiro atoms. The second-order valence-electron chi connectivity index (χ2n) is 4.44. The first-order chi connectivity index (χ1) is 9.19. The van der Waals surface area contributed by atoms with Crippen LogP contribution in [0.4, 0.5) is 0 Å².